The predicted molar refractivity (Wildman–Crippen MR) is 95.4 cm³/mol. The summed E-state index contributed by atoms with van der Waals surface area (Å²) in [6.45, 7) is 12.3. The Morgan fingerprint density at radius 2 is 2.04 bits per heavy atom. The van der Waals surface area contributed by atoms with Crippen LogP contribution in [0.5, 0.6) is 11.5 Å². The van der Waals surface area contributed by atoms with Gasteiger partial charge in [-0.2, -0.15) is 5.26 Å². The number of hydrogen-bond donors (Lipinski definition) is 0. The van der Waals surface area contributed by atoms with Crippen molar-refractivity contribution in [3.8, 4) is 17.6 Å². The Labute approximate surface area is 145 Å². The fourth-order valence-corrected chi connectivity index (χ4v) is 3.30. The number of hydrogen-bond acceptors (Lipinski definition) is 5. The van der Waals surface area contributed by atoms with Gasteiger partial charge in [0.2, 0.25) is 0 Å². The molecule has 0 radical (unpaired) electrons. The molecule has 1 aromatic carbocycles. The monoisotopic (exact) mass is 331 g/mol. The molecule has 1 saturated heterocycles. The number of rotatable bonds is 6. The number of nitrogens with zero attached hydrogens (tertiary/aromatic N) is 3. The van der Waals surface area contributed by atoms with Crippen LogP contribution in [0.4, 0.5) is 0 Å². The Hall–Kier alpha value is -1.77. The van der Waals surface area contributed by atoms with Crippen molar-refractivity contribution >= 4 is 0 Å². The minimum absolute atomic E-state index is 0.0582. The summed E-state index contributed by atoms with van der Waals surface area (Å²) >= 11 is 0. The maximum atomic E-state index is 9.76. The Balaban J connectivity index is 2.23. The molecule has 1 fully saturated rings. The molecule has 1 heterocycles. The molecule has 24 heavy (non-hydrogen) atoms. The molecular formula is C19H29N3O2. The lowest BCUT2D eigenvalue weighted by atomic mass is 10.0. The van der Waals surface area contributed by atoms with E-state index in [0.29, 0.717) is 17.5 Å². The van der Waals surface area contributed by atoms with Crippen LogP contribution >= 0.6 is 0 Å². The first-order chi connectivity index (χ1) is 11.5. The van der Waals surface area contributed by atoms with Gasteiger partial charge in [0.05, 0.1) is 19.3 Å². The lowest BCUT2D eigenvalue weighted by Gasteiger charge is -2.41. The molecule has 0 bridgehead atoms. The van der Waals surface area contributed by atoms with Gasteiger partial charge in [-0.15, -0.1) is 0 Å². The van der Waals surface area contributed by atoms with Crippen molar-refractivity contribution in [2.75, 3.05) is 33.3 Å². The fraction of sp³-hybridized carbons (Fsp3) is 0.632. The van der Waals surface area contributed by atoms with Crippen LogP contribution in [0.2, 0.25) is 0 Å². The van der Waals surface area contributed by atoms with Gasteiger partial charge in [0.1, 0.15) is 6.04 Å². The highest BCUT2D eigenvalue weighted by Gasteiger charge is 2.29. The molecule has 0 aromatic heterocycles. The van der Waals surface area contributed by atoms with Gasteiger partial charge in [0.15, 0.2) is 11.5 Å². The SMILES string of the molecule is CCN1CCN(C(C#N)c2ccc(OC)c(OC(C)C)c2)CC1C. The van der Waals surface area contributed by atoms with Gasteiger partial charge in [-0.05, 0) is 45.0 Å². The number of likely N-dealkylation sites (N-methyl/N-ethyl adjacent to an activating group) is 1. The number of benzene rings is 1. The summed E-state index contributed by atoms with van der Waals surface area (Å²) in [5.41, 5.74) is 0.964. The molecule has 0 saturated carbocycles. The van der Waals surface area contributed by atoms with E-state index in [1.165, 1.54) is 0 Å². The van der Waals surface area contributed by atoms with Crippen LogP contribution in [-0.2, 0) is 0 Å². The summed E-state index contributed by atoms with van der Waals surface area (Å²) in [4.78, 5) is 4.71. The van der Waals surface area contributed by atoms with Crippen LogP contribution in [0.3, 0.4) is 0 Å². The van der Waals surface area contributed by atoms with Crippen LogP contribution < -0.4 is 9.47 Å². The molecule has 5 nitrogen and oxygen atoms in total. The third-order valence-corrected chi connectivity index (χ3v) is 4.56. The quantitative estimate of drug-likeness (QED) is 0.802. The highest BCUT2D eigenvalue weighted by atomic mass is 16.5. The molecule has 1 aliphatic rings. The van der Waals surface area contributed by atoms with E-state index in [0.717, 1.165) is 31.7 Å². The smallest absolute Gasteiger partial charge is 0.161 e. The van der Waals surface area contributed by atoms with Crippen molar-refractivity contribution in [2.24, 2.45) is 0 Å². The van der Waals surface area contributed by atoms with Gasteiger partial charge in [-0.1, -0.05) is 13.0 Å². The minimum Gasteiger partial charge on any atom is -0.493 e. The van der Waals surface area contributed by atoms with E-state index >= 15 is 0 Å². The maximum absolute atomic E-state index is 9.76. The Morgan fingerprint density at radius 1 is 1.29 bits per heavy atom. The number of methoxy groups -OCH3 is 1. The largest absolute Gasteiger partial charge is 0.493 e. The Bertz CT molecular complexity index is 582. The van der Waals surface area contributed by atoms with Crippen LogP contribution in [0.25, 0.3) is 0 Å². The van der Waals surface area contributed by atoms with Gasteiger partial charge < -0.3 is 9.47 Å². The van der Waals surface area contributed by atoms with Gasteiger partial charge in [-0.3, -0.25) is 9.80 Å². The van der Waals surface area contributed by atoms with Crippen LogP contribution in [0.1, 0.15) is 39.3 Å². The van der Waals surface area contributed by atoms with E-state index in [4.69, 9.17) is 9.47 Å². The maximum Gasteiger partial charge on any atom is 0.161 e. The molecule has 5 heteroatoms. The number of nitriles is 1. The molecule has 0 aliphatic carbocycles. The van der Waals surface area contributed by atoms with Crippen LogP contribution in [0, 0.1) is 11.3 Å². The number of piperazine rings is 1. The highest BCUT2D eigenvalue weighted by Crippen LogP contribution is 2.33. The molecule has 0 N–H and O–H groups in total. The summed E-state index contributed by atoms with van der Waals surface area (Å²) in [7, 11) is 1.63. The van der Waals surface area contributed by atoms with E-state index < -0.39 is 0 Å². The first-order valence-corrected chi connectivity index (χ1v) is 8.72. The second-order valence-electron chi connectivity index (χ2n) is 6.58. The summed E-state index contributed by atoms with van der Waals surface area (Å²) in [6.07, 6.45) is 0.0582. The molecule has 0 amide bonds. The summed E-state index contributed by atoms with van der Waals surface area (Å²) < 4.78 is 11.2. The topological polar surface area (TPSA) is 48.7 Å². The minimum atomic E-state index is -0.258. The molecule has 1 aromatic rings. The molecule has 2 rings (SSSR count). The summed E-state index contributed by atoms with van der Waals surface area (Å²) in [5, 5.41) is 9.76. The number of ether oxygens (including phenoxy) is 2. The normalized spacial score (nSPS) is 20.6. The van der Waals surface area contributed by atoms with Gasteiger partial charge in [0, 0.05) is 25.7 Å². The van der Waals surface area contributed by atoms with Crippen molar-refractivity contribution < 1.29 is 9.47 Å². The second kappa shape index (κ2) is 8.36. The Kier molecular flexibility index (Phi) is 6.47. The highest BCUT2D eigenvalue weighted by molar-refractivity contribution is 5.45. The van der Waals surface area contributed by atoms with Gasteiger partial charge in [-0.25, -0.2) is 0 Å². The van der Waals surface area contributed by atoms with E-state index in [9.17, 15) is 5.26 Å². The zero-order valence-electron chi connectivity index (χ0n) is 15.5. The summed E-state index contributed by atoms with van der Waals surface area (Å²) in [5.74, 6) is 1.40. The molecule has 2 atom stereocenters. The van der Waals surface area contributed by atoms with Crippen molar-refractivity contribution in [1.82, 2.24) is 9.80 Å². The lowest BCUT2D eigenvalue weighted by Crippen LogP contribution is -2.52. The lowest BCUT2D eigenvalue weighted by molar-refractivity contribution is 0.0729. The molecule has 2 unspecified atom stereocenters. The molecule has 1 aliphatic heterocycles. The molecule has 132 valence electrons. The molecule has 0 spiro atoms. The second-order valence-corrected chi connectivity index (χ2v) is 6.58. The van der Waals surface area contributed by atoms with Crippen molar-refractivity contribution in [3.63, 3.8) is 0 Å². The first-order valence-electron chi connectivity index (χ1n) is 8.72. The zero-order valence-corrected chi connectivity index (χ0v) is 15.5. The predicted octanol–water partition coefficient (Wildman–Crippen LogP) is 3.07. The van der Waals surface area contributed by atoms with Crippen molar-refractivity contribution in [3.05, 3.63) is 23.8 Å². The van der Waals surface area contributed by atoms with Crippen molar-refractivity contribution in [2.45, 2.75) is 45.9 Å². The molecular weight excluding hydrogens is 302 g/mol. The third-order valence-electron chi connectivity index (χ3n) is 4.56. The third kappa shape index (κ3) is 4.19. The van der Waals surface area contributed by atoms with Crippen LogP contribution in [0.15, 0.2) is 18.2 Å². The van der Waals surface area contributed by atoms with E-state index in [1.807, 2.05) is 32.0 Å². The fourth-order valence-electron chi connectivity index (χ4n) is 3.30. The van der Waals surface area contributed by atoms with Gasteiger partial charge >= 0.3 is 0 Å². The van der Waals surface area contributed by atoms with E-state index in [-0.39, 0.29) is 12.1 Å². The summed E-state index contributed by atoms with van der Waals surface area (Å²) in [6, 6.07) is 8.48. The van der Waals surface area contributed by atoms with Crippen LogP contribution in [-0.4, -0.2) is 55.2 Å². The first kappa shape index (κ1) is 18.6. The van der Waals surface area contributed by atoms with Gasteiger partial charge in [0.25, 0.3) is 0 Å². The average molecular weight is 331 g/mol. The van der Waals surface area contributed by atoms with E-state index in [1.54, 1.807) is 7.11 Å². The van der Waals surface area contributed by atoms with E-state index in [2.05, 4.69) is 29.7 Å². The zero-order chi connectivity index (χ0) is 17.7. The van der Waals surface area contributed by atoms with Crippen molar-refractivity contribution in [1.29, 1.82) is 5.26 Å². The average Bonchev–Trinajstić information content (AvgIpc) is 2.55. The Morgan fingerprint density at radius 3 is 2.58 bits per heavy atom. The standard InChI is InChI=1S/C19H29N3O2/c1-6-21-9-10-22(13-15(21)4)17(12-20)16-7-8-18(23-5)19(11-16)24-14(2)3/h7-8,11,14-15,17H,6,9-10,13H2,1-5H3.